The number of amides is 1. The van der Waals surface area contributed by atoms with E-state index < -0.39 is 0 Å². The van der Waals surface area contributed by atoms with Crippen molar-refractivity contribution in [2.24, 2.45) is 0 Å². The first-order valence-corrected chi connectivity index (χ1v) is 7.89. The van der Waals surface area contributed by atoms with Crippen LogP contribution in [0.2, 0.25) is 0 Å². The average Bonchev–Trinajstić information content (AvgIpc) is 3.23. The van der Waals surface area contributed by atoms with E-state index in [2.05, 4.69) is 26.6 Å². The molecule has 2 rings (SSSR count). The van der Waals surface area contributed by atoms with E-state index in [-0.39, 0.29) is 5.91 Å². The lowest BCUT2D eigenvalue weighted by molar-refractivity contribution is -0.121. The van der Waals surface area contributed by atoms with Crippen LogP contribution >= 0.6 is 15.9 Å². The molecule has 1 amide bonds. The molecule has 2 N–H and O–H groups in total. The standard InChI is InChI=1S/C15H21BrN2O2/c1-2-17-15(19)7-8-20-13-5-6-14(16)11(9-13)10-18-12-3-4-12/h5-6,9,12,18H,2-4,7-8,10H2,1H3,(H,17,19). The molecule has 0 heterocycles. The summed E-state index contributed by atoms with van der Waals surface area (Å²) in [5.74, 6) is 0.838. The molecule has 0 aliphatic heterocycles. The van der Waals surface area contributed by atoms with Crippen molar-refractivity contribution in [3.05, 3.63) is 28.2 Å². The summed E-state index contributed by atoms with van der Waals surface area (Å²) in [7, 11) is 0. The van der Waals surface area contributed by atoms with E-state index in [9.17, 15) is 4.79 Å². The zero-order valence-electron chi connectivity index (χ0n) is 11.7. The van der Waals surface area contributed by atoms with Crippen molar-refractivity contribution in [2.75, 3.05) is 13.2 Å². The summed E-state index contributed by atoms with van der Waals surface area (Å²) in [6.45, 7) is 3.82. The minimum atomic E-state index is 0.0280. The fourth-order valence-corrected chi connectivity index (χ4v) is 2.25. The number of rotatable bonds is 8. The van der Waals surface area contributed by atoms with Gasteiger partial charge in [-0.15, -0.1) is 0 Å². The highest BCUT2D eigenvalue weighted by molar-refractivity contribution is 9.10. The fraction of sp³-hybridized carbons (Fsp3) is 0.533. The van der Waals surface area contributed by atoms with Gasteiger partial charge >= 0.3 is 0 Å². The van der Waals surface area contributed by atoms with Crippen molar-refractivity contribution in [1.82, 2.24) is 10.6 Å². The number of carbonyl (C=O) groups excluding carboxylic acids is 1. The Morgan fingerprint density at radius 1 is 1.45 bits per heavy atom. The van der Waals surface area contributed by atoms with Gasteiger partial charge in [-0.3, -0.25) is 4.79 Å². The van der Waals surface area contributed by atoms with Crippen LogP contribution in [-0.4, -0.2) is 25.1 Å². The average molecular weight is 341 g/mol. The number of ether oxygens (including phenoxy) is 1. The van der Waals surface area contributed by atoms with Crippen molar-refractivity contribution in [3.63, 3.8) is 0 Å². The number of hydrogen-bond donors (Lipinski definition) is 2. The van der Waals surface area contributed by atoms with Crippen LogP contribution in [0.15, 0.2) is 22.7 Å². The number of nitrogens with one attached hydrogen (secondary N) is 2. The third kappa shape index (κ3) is 5.13. The summed E-state index contributed by atoms with van der Waals surface area (Å²) >= 11 is 3.55. The highest BCUT2D eigenvalue weighted by atomic mass is 79.9. The molecule has 0 radical (unpaired) electrons. The van der Waals surface area contributed by atoms with Gasteiger partial charge in [0.25, 0.3) is 0 Å². The zero-order valence-corrected chi connectivity index (χ0v) is 13.3. The SMILES string of the molecule is CCNC(=O)CCOc1ccc(Br)c(CNC2CC2)c1. The summed E-state index contributed by atoms with van der Waals surface area (Å²) in [5.41, 5.74) is 1.19. The van der Waals surface area contributed by atoms with Crippen molar-refractivity contribution in [1.29, 1.82) is 0 Å². The Bertz CT molecular complexity index is 461. The lowest BCUT2D eigenvalue weighted by Gasteiger charge is -2.10. The summed E-state index contributed by atoms with van der Waals surface area (Å²) in [5, 5.41) is 6.24. The second kappa shape index (κ2) is 7.64. The maximum atomic E-state index is 11.3. The van der Waals surface area contributed by atoms with Gasteiger partial charge in [-0.25, -0.2) is 0 Å². The number of carbonyl (C=O) groups is 1. The van der Waals surface area contributed by atoms with E-state index in [4.69, 9.17) is 4.74 Å². The number of benzene rings is 1. The van der Waals surface area contributed by atoms with Crippen LogP contribution in [0.3, 0.4) is 0 Å². The Labute approximate surface area is 128 Å². The van der Waals surface area contributed by atoms with Crippen LogP contribution < -0.4 is 15.4 Å². The van der Waals surface area contributed by atoms with Crippen LogP contribution in [0.4, 0.5) is 0 Å². The molecule has 5 heteroatoms. The van der Waals surface area contributed by atoms with Crippen LogP contribution in [0.1, 0.15) is 31.7 Å². The van der Waals surface area contributed by atoms with Gasteiger partial charge in [-0.05, 0) is 43.5 Å². The van der Waals surface area contributed by atoms with Crippen LogP contribution in [0.5, 0.6) is 5.75 Å². The molecule has 0 spiro atoms. The van der Waals surface area contributed by atoms with E-state index >= 15 is 0 Å². The summed E-state index contributed by atoms with van der Waals surface area (Å²) in [4.78, 5) is 11.3. The predicted octanol–water partition coefficient (Wildman–Crippen LogP) is 2.61. The molecule has 0 bridgehead atoms. The van der Waals surface area contributed by atoms with Gasteiger partial charge in [-0.1, -0.05) is 15.9 Å². The third-order valence-electron chi connectivity index (χ3n) is 3.15. The first-order valence-electron chi connectivity index (χ1n) is 7.10. The summed E-state index contributed by atoms with van der Waals surface area (Å²) < 4.78 is 6.72. The van der Waals surface area contributed by atoms with Crippen molar-refractivity contribution < 1.29 is 9.53 Å². The molecule has 0 saturated heterocycles. The Morgan fingerprint density at radius 2 is 2.25 bits per heavy atom. The second-order valence-electron chi connectivity index (χ2n) is 4.96. The molecule has 4 nitrogen and oxygen atoms in total. The number of hydrogen-bond acceptors (Lipinski definition) is 3. The molecule has 110 valence electrons. The molecule has 1 aliphatic rings. The maximum Gasteiger partial charge on any atom is 0.223 e. The van der Waals surface area contributed by atoms with Gasteiger partial charge in [0.15, 0.2) is 0 Å². The smallest absolute Gasteiger partial charge is 0.223 e. The van der Waals surface area contributed by atoms with Crippen LogP contribution in [0, 0.1) is 0 Å². The molecule has 0 atom stereocenters. The fourth-order valence-electron chi connectivity index (χ4n) is 1.87. The minimum Gasteiger partial charge on any atom is -0.493 e. The Hall–Kier alpha value is -1.07. The topological polar surface area (TPSA) is 50.4 Å². The van der Waals surface area contributed by atoms with Gasteiger partial charge in [0, 0.05) is 23.6 Å². The highest BCUT2D eigenvalue weighted by Crippen LogP contribution is 2.25. The molecule has 1 fully saturated rings. The molecule has 1 saturated carbocycles. The Balaban J connectivity index is 1.81. The zero-order chi connectivity index (χ0) is 14.4. The van der Waals surface area contributed by atoms with Gasteiger partial charge in [0.1, 0.15) is 5.75 Å². The normalized spacial score (nSPS) is 14.1. The molecule has 1 aromatic rings. The maximum absolute atomic E-state index is 11.3. The Kier molecular flexibility index (Phi) is 5.86. The van der Waals surface area contributed by atoms with E-state index in [1.54, 1.807) is 0 Å². The summed E-state index contributed by atoms with van der Waals surface area (Å²) in [6.07, 6.45) is 2.94. The lowest BCUT2D eigenvalue weighted by atomic mass is 10.2. The molecular weight excluding hydrogens is 320 g/mol. The molecule has 1 aliphatic carbocycles. The van der Waals surface area contributed by atoms with Crippen LogP contribution in [-0.2, 0) is 11.3 Å². The Morgan fingerprint density at radius 3 is 2.95 bits per heavy atom. The predicted molar refractivity (Wildman–Crippen MR) is 82.8 cm³/mol. The first-order chi connectivity index (χ1) is 9.69. The van der Waals surface area contributed by atoms with Crippen LogP contribution in [0.25, 0.3) is 0 Å². The molecule has 20 heavy (non-hydrogen) atoms. The van der Waals surface area contributed by atoms with E-state index in [1.807, 2.05) is 25.1 Å². The highest BCUT2D eigenvalue weighted by Gasteiger charge is 2.20. The van der Waals surface area contributed by atoms with E-state index in [0.717, 1.165) is 16.8 Å². The van der Waals surface area contributed by atoms with Gasteiger partial charge in [0.05, 0.1) is 13.0 Å². The number of halogens is 1. The molecule has 1 aromatic carbocycles. The minimum absolute atomic E-state index is 0.0280. The van der Waals surface area contributed by atoms with Gasteiger partial charge in [-0.2, -0.15) is 0 Å². The van der Waals surface area contributed by atoms with Gasteiger partial charge in [0.2, 0.25) is 5.91 Å². The third-order valence-corrected chi connectivity index (χ3v) is 3.92. The van der Waals surface area contributed by atoms with E-state index in [0.29, 0.717) is 25.6 Å². The summed E-state index contributed by atoms with van der Waals surface area (Å²) in [6, 6.07) is 6.62. The quantitative estimate of drug-likeness (QED) is 0.764. The monoisotopic (exact) mass is 340 g/mol. The molecule has 0 aromatic heterocycles. The lowest BCUT2D eigenvalue weighted by Crippen LogP contribution is -2.24. The largest absolute Gasteiger partial charge is 0.493 e. The van der Waals surface area contributed by atoms with Gasteiger partial charge < -0.3 is 15.4 Å². The van der Waals surface area contributed by atoms with Crippen molar-refractivity contribution in [2.45, 2.75) is 38.8 Å². The molecular formula is C15H21BrN2O2. The molecule has 0 unspecified atom stereocenters. The first kappa shape index (κ1) is 15.3. The second-order valence-corrected chi connectivity index (χ2v) is 5.81. The van der Waals surface area contributed by atoms with Crippen molar-refractivity contribution in [3.8, 4) is 5.75 Å². The van der Waals surface area contributed by atoms with E-state index in [1.165, 1.54) is 18.4 Å². The van der Waals surface area contributed by atoms with Crippen molar-refractivity contribution >= 4 is 21.8 Å².